The summed E-state index contributed by atoms with van der Waals surface area (Å²) in [6.45, 7) is 8.62. The smallest absolute Gasteiger partial charge is 0.0986 e. The second-order valence-electron chi connectivity index (χ2n) is 5.37. The van der Waals surface area contributed by atoms with Crippen LogP contribution < -0.4 is 5.32 Å². The van der Waals surface area contributed by atoms with Crippen molar-refractivity contribution in [3.05, 3.63) is 0 Å². The van der Waals surface area contributed by atoms with E-state index in [0.717, 1.165) is 25.6 Å². The average Bonchev–Trinajstić information content (AvgIpc) is 2.80. The maximum atomic E-state index is 5.65. The van der Waals surface area contributed by atoms with E-state index in [0.29, 0.717) is 12.1 Å². The van der Waals surface area contributed by atoms with Crippen LogP contribution >= 0.6 is 0 Å². The Morgan fingerprint density at radius 1 is 1.33 bits per heavy atom. The third-order valence-corrected chi connectivity index (χ3v) is 4.42. The fraction of sp³-hybridized carbons (Fsp3) is 1.00. The minimum atomic E-state index is 0.237. The fourth-order valence-electron chi connectivity index (χ4n) is 3.30. The lowest BCUT2D eigenvalue weighted by Crippen LogP contribution is -2.61. The molecule has 2 rings (SSSR count). The van der Waals surface area contributed by atoms with Crippen molar-refractivity contribution < 1.29 is 9.47 Å². The molecule has 0 radical (unpaired) electrons. The van der Waals surface area contributed by atoms with E-state index < -0.39 is 0 Å². The van der Waals surface area contributed by atoms with Crippen LogP contribution in [0.2, 0.25) is 0 Å². The van der Waals surface area contributed by atoms with Gasteiger partial charge in [-0.3, -0.25) is 4.90 Å². The second kappa shape index (κ2) is 6.85. The van der Waals surface area contributed by atoms with Crippen molar-refractivity contribution in [2.75, 3.05) is 33.4 Å². The van der Waals surface area contributed by atoms with Crippen molar-refractivity contribution in [1.82, 2.24) is 10.2 Å². The lowest BCUT2D eigenvalue weighted by atomic mass is 9.85. The van der Waals surface area contributed by atoms with E-state index in [1.54, 1.807) is 7.11 Å². The molecule has 4 unspecified atom stereocenters. The second-order valence-corrected chi connectivity index (χ2v) is 5.37. The zero-order valence-electron chi connectivity index (χ0n) is 12.0. The number of likely N-dealkylation sites (tertiary alicyclic amines) is 1. The summed E-state index contributed by atoms with van der Waals surface area (Å²) in [4.78, 5) is 2.58. The van der Waals surface area contributed by atoms with Crippen molar-refractivity contribution in [3.8, 4) is 0 Å². The van der Waals surface area contributed by atoms with Gasteiger partial charge in [0.15, 0.2) is 0 Å². The summed E-state index contributed by atoms with van der Waals surface area (Å²) in [6.07, 6.45) is 4.30. The van der Waals surface area contributed by atoms with Gasteiger partial charge < -0.3 is 14.8 Å². The highest BCUT2D eigenvalue weighted by atomic mass is 16.5. The van der Waals surface area contributed by atoms with E-state index in [4.69, 9.17) is 9.47 Å². The van der Waals surface area contributed by atoms with Crippen molar-refractivity contribution in [2.24, 2.45) is 0 Å². The first-order valence-corrected chi connectivity index (χ1v) is 7.42. The molecule has 0 amide bonds. The van der Waals surface area contributed by atoms with Gasteiger partial charge in [0, 0.05) is 32.3 Å². The summed E-state index contributed by atoms with van der Waals surface area (Å²) in [5, 5.41) is 3.67. The number of hydrogen-bond acceptors (Lipinski definition) is 4. The number of likely N-dealkylation sites (N-methyl/N-ethyl adjacent to an activating group) is 1. The summed E-state index contributed by atoms with van der Waals surface area (Å²) in [6, 6.07) is 1.20. The highest BCUT2D eigenvalue weighted by molar-refractivity contribution is 4.98. The van der Waals surface area contributed by atoms with Crippen LogP contribution in [0.5, 0.6) is 0 Å². The van der Waals surface area contributed by atoms with Gasteiger partial charge in [0.1, 0.15) is 0 Å². The number of ether oxygens (including phenoxy) is 2. The Hall–Kier alpha value is -0.160. The lowest BCUT2D eigenvalue weighted by molar-refractivity contribution is -0.131. The van der Waals surface area contributed by atoms with Gasteiger partial charge >= 0.3 is 0 Å². The largest absolute Gasteiger partial charge is 0.377 e. The maximum Gasteiger partial charge on any atom is 0.0986 e. The molecule has 106 valence electrons. The van der Waals surface area contributed by atoms with E-state index in [-0.39, 0.29) is 6.10 Å². The zero-order valence-corrected chi connectivity index (χ0v) is 12.0. The summed E-state index contributed by atoms with van der Waals surface area (Å²) < 4.78 is 11.2. The summed E-state index contributed by atoms with van der Waals surface area (Å²) in [5.74, 6) is 0. The Morgan fingerprint density at radius 3 is 2.83 bits per heavy atom. The van der Waals surface area contributed by atoms with Crippen molar-refractivity contribution in [1.29, 1.82) is 0 Å². The van der Waals surface area contributed by atoms with Gasteiger partial charge in [-0.25, -0.2) is 0 Å². The van der Waals surface area contributed by atoms with Crippen LogP contribution in [0.15, 0.2) is 0 Å². The number of nitrogens with zero attached hydrogens (tertiary/aromatic N) is 1. The molecule has 1 N–H and O–H groups in total. The molecule has 1 saturated heterocycles. The first-order valence-electron chi connectivity index (χ1n) is 7.42. The third-order valence-electron chi connectivity index (χ3n) is 4.42. The van der Waals surface area contributed by atoms with Gasteiger partial charge in [0.05, 0.1) is 12.2 Å². The van der Waals surface area contributed by atoms with E-state index in [1.165, 1.54) is 25.9 Å². The topological polar surface area (TPSA) is 33.7 Å². The highest BCUT2D eigenvalue weighted by Crippen LogP contribution is 2.27. The van der Waals surface area contributed by atoms with Crippen LogP contribution in [0.4, 0.5) is 0 Å². The predicted molar refractivity (Wildman–Crippen MR) is 72.9 cm³/mol. The quantitative estimate of drug-likeness (QED) is 0.743. The number of rotatable bonds is 7. The Bertz CT molecular complexity index is 250. The first kappa shape index (κ1) is 14.3. The molecule has 4 atom stereocenters. The van der Waals surface area contributed by atoms with Crippen molar-refractivity contribution in [2.45, 2.75) is 57.4 Å². The minimum absolute atomic E-state index is 0.237. The standard InChI is InChI=1S/C14H28N2O2/c1-4-16-8-6-7-11(16)10-15-12-9-13(18-5-2)14(12)17-3/h11-15H,4-10H2,1-3H3. The average molecular weight is 256 g/mol. The molecular weight excluding hydrogens is 228 g/mol. The molecule has 4 nitrogen and oxygen atoms in total. The Kier molecular flexibility index (Phi) is 5.42. The molecule has 1 heterocycles. The zero-order chi connectivity index (χ0) is 13.0. The van der Waals surface area contributed by atoms with E-state index in [9.17, 15) is 0 Å². The molecule has 0 spiro atoms. The summed E-state index contributed by atoms with van der Waals surface area (Å²) >= 11 is 0. The van der Waals surface area contributed by atoms with Gasteiger partial charge in [-0.15, -0.1) is 0 Å². The monoisotopic (exact) mass is 256 g/mol. The van der Waals surface area contributed by atoms with Crippen LogP contribution in [0.1, 0.15) is 33.1 Å². The van der Waals surface area contributed by atoms with E-state index >= 15 is 0 Å². The molecule has 1 aliphatic carbocycles. The molecule has 0 aromatic rings. The highest BCUT2D eigenvalue weighted by Gasteiger charge is 2.42. The van der Waals surface area contributed by atoms with E-state index in [2.05, 4.69) is 17.1 Å². The van der Waals surface area contributed by atoms with Crippen LogP contribution in [0, 0.1) is 0 Å². The van der Waals surface area contributed by atoms with Crippen LogP contribution in [0.25, 0.3) is 0 Å². The molecular formula is C14H28N2O2. The molecule has 0 aromatic heterocycles. The SMILES string of the molecule is CCOC1CC(NCC2CCCN2CC)C1OC. The maximum absolute atomic E-state index is 5.65. The van der Waals surface area contributed by atoms with Gasteiger partial charge in [0.25, 0.3) is 0 Å². The van der Waals surface area contributed by atoms with Crippen LogP contribution in [-0.4, -0.2) is 62.5 Å². The molecule has 1 saturated carbocycles. The van der Waals surface area contributed by atoms with Crippen LogP contribution in [-0.2, 0) is 9.47 Å². The predicted octanol–water partition coefficient (Wildman–Crippen LogP) is 1.25. The molecule has 18 heavy (non-hydrogen) atoms. The van der Waals surface area contributed by atoms with E-state index in [1.807, 2.05) is 6.92 Å². The Morgan fingerprint density at radius 2 is 2.17 bits per heavy atom. The normalized spacial score (nSPS) is 36.8. The molecule has 0 bridgehead atoms. The third kappa shape index (κ3) is 3.05. The minimum Gasteiger partial charge on any atom is -0.377 e. The van der Waals surface area contributed by atoms with Crippen LogP contribution in [0.3, 0.4) is 0 Å². The molecule has 4 heteroatoms. The summed E-state index contributed by atoms with van der Waals surface area (Å²) in [7, 11) is 1.79. The Labute approximate surface area is 111 Å². The molecule has 0 aromatic carbocycles. The first-order chi connectivity index (χ1) is 8.80. The number of nitrogens with one attached hydrogen (secondary N) is 1. The Balaban J connectivity index is 1.71. The molecule has 2 fully saturated rings. The van der Waals surface area contributed by atoms with Gasteiger partial charge in [-0.2, -0.15) is 0 Å². The fourth-order valence-corrected chi connectivity index (χ4v) is 3.30. The summed E-state index contributed by atoms with van der Waals surface area (Å²) in [5.41, 5.74) is 0. The molecule has 2 aliphatic rings. The van der Waals surface area contributed by atoms with Gasteiger partial charge in [0.2, 0.25) is 0 Å². The van der Waals surface area contributed by atoms with Gasteiger partial charge in [-0.1, -0.05) is 6.92 Å². The van der Waals surface area contributed by atoms with Crippen molar-refractivity contribution >= 4 is 0 Å². The number of hydrogen-bond donors (Lipinski definition) is 1. The lowest BCUT2D eigenvalue weighted by Gasteiger charge is -2.44. The van der Waals surface area contributed by atoms with Crippen molar-refractivity contribution in [3.63, 3.8) is 0 Å². The van der Waals surface area contributed by atoms with Gasteiger partial charge in [-0.05, 0) is 39.3 Å². The number of methoxy groups -OCH3 is 1. The molecule has 1 aliphatic heterocycles.